The molecule has 0 spiro atoms. The lowest BCUT2D eigenvalue weighted by Crippen LogP contribution is -2.37. The second kappa shape index (κ2) is 36.5. The Morgan fingerprint density at radius 3 is 1.02 bits per heavy atom. The van der Waals surface area contributed by atoms with Crippen molar-refractivity contribution in [2.24, 2.45) is 0 Å². The van der Waals surface area contributed by atoms with Gasteiger partial charge in [-0.15, -0.1) is 0 Å². The number of rotatable bonds is 39. The number of unbranched alkanes of at least 4 members (excludes halogenated alkanes) is 33. The first-order valence-electron chi connectivity index (χ1n) is 22.4. The lowest BCUT2D eigenvalue weighted by Gasteiger charge is -2.07. The predicted molar refractivity (Wildman–Crippen MR) is 212 cm³/mol. The van der Waals surface area contributed by atoms with Crippen molar-refractivity contribution >= 4 is 0 Å². The summed E-state index contributed by atoms with van der Waals surface area (Å²) in [7, 11) is 0. The second-order valence-corrected chi connectivity index (χ2v) is 15.5. The minimum Gasteiger partial charge on any atom is -0.234 e. The Balaban J connectivity index is 2.09. The normalized spacial score (nSPS) is 11.6. The lowest BCUT2D eigenvalue weighted by molar-refractivity contribution is -0.704. The third-order valence-corrected chi connectivity index (χ3v) is 10.8. The van der Waals surface area contributed by atoms with Crippen molar-refractivity contribution in [1.82, 2.24) is 4.57 Å². The van der Waals surface area contributed by atoms with Crippen LogP contribution in [0.15, 0.2) is 12.4 Å². The van der Waals surface area contributed by atoms with Crippen LogP contribution in [0.5, 0.6) is 0 Å². The van der Waals surface area contributed by atoms with E-state index in [1.54, 1.807) is 5.82 Å². The van der Waals surface area contributed by atoms with E-state index >= 15 is 0 Å². The first-order chi connectivity index (χ1) is 23.3. The Kier molecular flexibility index (Phi) is 34.3. The molecule has 2 nitrogen and oxygen atoms in total. The molecular weight excluding hydrogens is 569 g/mol. The predicted octanol–water partition coefficient (Wildman–Crippen LogP) is 15.4. The van der Waals surface area contributed by atoms with E-state index in [1.165, 1.54) is 251 Å². The summed E-state index contributed by atoms with van der Waals surface area (Å²) >= 11 is 0. The van der Waals surface area contributed by atoms with Gasteiger partial charge in [0.2, 0.25) is 0 Å². The Morgan fingerprint density at radius 1 is 0.362 bits per heavy atom. The maximum absolute atomic E-state index is 2.63. The van der Waals surface area contributed by atoms with Gasteiger partial charge in [-0.25, -0.2) is 9.13 Å². The average Bonchev–Trinajstić information content (AvgIpc) is 3.47. The third kappa shape index (κ3) is 28.7. The second-order valence-electron chi connectivity index (χ2n) is 15.5. The molecule has 0 bridgehead atoms. The first-order valence-corrected chi connectivity index (χ1v) is 22.4. The van der Waals surface area contributed by atoms with Crippen molar-refractivity contribution < 1.29 is 4.57 Å². The lowest BCUT2D eigenvalue weighted by atomic mass is 10.0. The third-order valence-electron chi connectivity index (χ3n) is 10.8. The van der Waals surface area contributed by atoms with E-state index in [0.29, 0.717) is 0 Å². The Morgan fingerprint density at radius 2 is 0.660 bits per heavy atom. The number of aromatic nitrogens is 2. The van der Waals surface area contributed by atoms with E-state index < -0.39 is 0 Å². The molecule has 2 heteroatoms. The fourth-order valence-corrected chi connectivity index (χ4v) is 7.56. The SMILES string of the molecule is CCCCCCCCCCCCCCCCCCCn1cc[n+](CCCCCCCCCCCCCCCCC)c1CCCCCC. The molecule has 0 aliphatic rings. The molecule has 0 aliphatic carbocycles. The summed E-state index contributed by atoms with van der Waals surface area (Å²) in [5.74, 6) is 1.61. The topological polar surface area (TPSA) is 8.81 Å². The highest BCUT2D eigenvalue weighted by Crippen LogP contribution is 2.16. The zero-order chi connectivity index (χ0) is 33.7. The molecule has 0 amide bonds. The first kappa shape index (κ1) is 44.2. The fraction of sp³-hybridized carbons (Fsp3) is 0.933. The van der Waals surface area contributed by atoms with Gasteiger partial charge in [0.1, 0.15) is 12.4 Å². The zero-order valence-corrected chi connectivity index (χ0v) is 33.1. The molecule has 1 rings (SSSR count). The van der Waals surface area contributed by atoms with E-state index in [1.807, 2.05) is 0 Å². The van der Waals surface area contributed by atoms with Gasteiger partial charge in [-0.05, 0) is 32.1 Å². The van der Waals surface area contributed by atoms with Crippen LogP contribution < -0.4 is 4.57 Å². The highest BCUT2D eigenvalue weighted by molar-refractivity contribution is 4.84. The van der Waals surface area contributed by atoms with Crippen LogP contribution in [-0.4, -0.2) is 4.57 Å². The smallest absolute Gasteiger partial charge is 0.234 e. The van der Waals surface area contributed by atoms with Gasteiger partial charge in [-0.1, -0.05) is 220 Å². The summed E-state index contributed by atoms with van der Waals surface area (Å²) < 4.78 is 5.25. The van der Waals surface area contributed by atoms with E-state index in [-0.39, 0.29) is 0 Å². The fourth-order valence-electron chi connectivity index (χ4n) is 7.56. The molecule has 0 unspecified atom stereocenters. The van der Waals surface area contributed by atoms with Crippen LogP contribution in [0.3, 0.4) is 0 Å². The molecule has 278 valence electrons. The van der Waals surface area contributed by atoms with Crippen LogP contribution in [0.4, 0.5) is 0 Å². The van der Waals surface area contributed by atoms with Crippen LogP contribution in [0.1, 0.15) is 258 Å². The van der Waals surface area contributed by atoms with Crippen molar-refractivity contribution in [2.75, 3.05) is 0 Å². The number of imidazole rings is 1. The number of hydrogen-bond donors (Lipinski definition) is 0. The standard InChI is InChI=1S/C45H89N2/c1-4-7-10-13-15-17-19-21-23-24-26-28-30-32-34-36-39-42-47-44-43-46(45(47)40-37-12-9-6-3)41-38-35-33-31-29-27-25-22-20-18-16-14-11-8-5-2/h43-44H,4-42H2,1-3H3/q+1. The van der Waals surface area contributed by atoms with Crippen molar-refractivity contribution in [3.63, 3.8) is 0 Å². The van der Waals surface area contributed by atoms with E-state index in [9.17, 15) is 0 Å². The van der Waals surface area contributed by atoms with Gasteiger partial charge in [0, 0.05) is 6.42 Å². The van der Waals surface area contributed by atoms with Gasteiger partial charge in [-0.2, -0.15) is 0 Å². The van der Waals surface area contributed by atoms with Crippen LogP contribution >= 0.6 is 0 Å². The van der Waals surface area contributed by atoms with Gasteiger partial charge in [0.05, 0.1) is 13.1 Å². The monoisotopic (exact) mass is 658 g/mol. The maximum Gasteiger partial charge on any atom is 0.256 e. The molecule has 0 aromatic carbocycles. The molecular formula is C45H89N2+. The molecule has 0 aliphatic heterocycles. The molecule has 1 heterocycles. The summed E-state index contributed by atoms with van der Waals surface area (Å²) in [6.45, 7) is 9.41. The zero-order valence-electron chi connectivity index (χ0n) is 33.1. The Hall–Kier alpha value is -0.790. The van der Waals surface area contributed by atoms with Crippen LogP contribution in [0.25, 0.3) is 0 Å². The van der Waals surface area contributed by atoms with Crippen LogP contribution in [0.2, 0.25) is 0 Å². The molecule has 0 saturated carbocycles. The molecule has 47 heavy (non-hydrogen) atoms. The number of nitrogens with zero attached hydrogens (tertiary/aromatic N) is 2. The summed E-state index contributed by atoms with van der Waals surface area (Å²) in [5.41, 5.74) is 0. The van der Waals surface area contributed by atoms with Gasteiger partial charge in [0.15, 0.2) is 0 Å². The van der Waals surface area contributed by atoms with E-state index in [0.717, 1.165) is 0 Å². The van der Waals surface area contributed by atoms with Crippen molar-refractivity contribution in [2.45, 2.75) is 271 Å². The number of hydrogen-bond acceptors (Lipinski definition) is 0. The quantitative estimate of drug-likeness (QED) is 0.0492. The van der Waals surface area contributed by atoms with E-state index in [4.69, 9.17) is 0 Å². The molecule has 1 aromatic heterocycles. The number of aryl methyl sites for hydroxylation is 2. The van der Waals surface area contributed by atoms with Gasteiger partial charge >= 0.3 is 0 Å². The van der Waals surface area contributed by atoms with Crippen LogP contribution in [0, 0.1) is 0 Å². The Labute approximate surface area is 298 Å². The van der Waals surface area contributed by atoms with E-state index in [2.05, 4.69) is 42.3 Å². The van der Waals surface area contributed by atoms with Gasteiger partial charge < -0.3 is 0 Å². The molecule has 0 atom stereocenters. The highest BCUT2D eigenvalue weighted by Gasteiger charge is 2.16. The average molecular weight is 658 g/mol. The van der Waals surface area contributed by atoms with Gasteiger partial charge in [0.25, 0.3) is 5.82 Å². The van der Waals surface area contributed by atoms with Crippen molar-refractivity contribution in [3.05, 3.63) is 18.2 Å². The van der Waals surface area contributed by atoms with Crippen molar-refractivity contribution in [3.8, 4) is 0 Å². The highest BCUT2D eigenvalue weighted by atomic mass is 15.1. The largest absolute Gasteiger partial charge is 0.256 e. The molecule has 0 N–H and O–H groups in total. The molecule has 0 fully saturated rings. The summed E-state index contributed by atoms with van der Waals surface area (Å²) in [4.78, 5) is 0. The summed E-state index contributed by atoms with van der Waals surface area (Å²) in [6, 6.07) is 0. The molecule has 0 radical (unpaired) electrons. The van der Waals surface area contributed by atoms with Crippen LogP contribution in [-0.2, 0) is 19.5 Å². The maximum atomic E-state index is 2.63. The minimum atomic E-state index is 1.23. The van der Waals surface area contributed by atoms with Crippen molar-refractivity contribution in [1.29, 1.82) is 0 Å². The summed E-state index contributed by atoms with van der Waals surface area (Å²) in [5, 5.41) is 0. The summed E-state index contributed by atoms with van der Waals surface area (Å²) in [6.07, 6.45) is 57.9. The Bertz CT molecular complexity index is 722. The molecule has 1 aromatic rings. The minimum absolute atomic E-state index is 1.23. The van der Waals surface area contributed by atoms with Gasteiger partial charge in [-0.3, -0.25) is 0 Å². The molecule has 0 saturated heterocycles.